The maximum atomic E-state index is 6.23. The van der Waals surface area contributed by atoms with Crippen LogP contribution < -0.4 is 4.74 Å². The Morgan fingerprint density at radius 3 is 2.59 bits per heavy atom. The van der Waals surface area contributed by atoms with E-state index in [1.165, 1.54) is 23.1 Å². The average molecular weight is 335 g/mol. The monoisotopic (exact) mass is 334 g/mol. The summed E-state index contributed by atoms with van der Waals surface area (Å²) in [7, 11) is 1.72. The Labute approximate surface area is 142 Å². The number of ether oxygens (including phenoxy) is 1. The molecule has 0 spiro atoms. The predicted octanol–water partition coefficient (Wildman–Crippen LogP) is 6.11. The molecule has 0 N–H and O–H groups in total. The van der Waals surface area contributed by atoms with Crippen LogP contribution in [0.1, 0.15) is 42.4 Å². The van der Waals surface area contributed by atoms with E-state index in [1.807, 2.05) is 12.1 Å². The number of methoxy groups -OCH3 is 1. The first-order valence-electron chi connectivity index (χ1n) is 7.74. The molecule has 2 aromatic carbocycles. The second kappa shape index (κ2) is 6.52. The lowest BCUT2D eigenvalue weighted by Gasteiger charge is -2.32. The van der Waals surface area contributed by atoms with E-state index in [1.54, 1.807) is 7.11 Å². The van der Waals surface area contributed by atoms with Crippen molar-refractivity contribution in [1.82, 2.24) is 0 Å². The first-order chi connectivity index (χ1) is 10.6. The summed E-state index contributed by atoms with van der Waals surface area (Å²) in [5, 5.41) is 1.24. The van der Waals surface area contributed by atoms with Crippen molar-refractivity contribution in [3.05, 3.63) is 63.1 Å². The fraction of sp³-hybridized carbons (Fsp3) is 0.368. The molecule has 3 rings (SSSR count). The van der Waals surface area contributed by atoms with Gasteiger partial charge in [0.05, 0.1) is 17.2 Å². The van der Waals surface area contributed by atoms with Gasteiger partial charge in [-0.05, 0) is 59.7 Å². The van der Waals surface area contributed by atoms with Gasteiger partial charge in [0.2, 0.25) is 0 Å². The summed E-state index contributed by atoms with van der Waals surface area (Å²) in [5.74, 6) is 1.98. The van der Waals surface area contributed by atoms with Gasteiger partial charge in [-0.25, -0.2) is 0 Å². The van der Waals surface area contributed by atoms with Gasteiger partial charge in [0.15, 0.2) is 0 Å². The molecule has 22 heavy (non-hydrogen) atoms. The van der Waals surface area contributed by atoms with Crippen molar-refractivity contribution in [2.45, 2.75) is 32.1 Å². The highest BCUT2D eigenvalue weighted by atomic mass is 35.5. The van der Waals surface area contributed by atoms with E-state index >= 15 is 0 Å². The molecule has 1 nitrogen and oxygen atoms in total. The van der Waals surface area contributed by atoms with Gasteiger partial charge in [0.25, 0.3) is 0 Å². The maximum absolute atomic E-state index is 6.23. The second-order valence-electron chi connectivity index (χ2n) is 6.00. The van der Waals surface area contributed by atoms with E-state index in [0.717, 1.165) is 18.6 Å². The summed E-state index contributed by atoms with van der Waals surface area (Å²) in [5.41, 5.74) is 4.03. The number of hydrogen-bond donors (Lipinski definition) is 0. The van der Waals surface area contributed by atoms with Gasteiger partial charge in [0, 0.05) is 5.92 Å². The van der Waals surface area contributed by atoms with Crippen molar-refractivity contribution in [1.29, 1.82) is 0 Å². The number of halogens is 2. The molecule has 0 radical (unpaired) electrons. The minimum Gasteiger partial charge on any atom is -0.497 e. The van der Waals surface area contributed by atoms with E-state index in [-0.39, 0.29) is 0 Å². The highest BCUT2D eigenvalue weighted by molar-refractivity contribution is 6.42. The third kappa shape index (κ3) is 2.98. The van der Waals surface area contributed by atoms with Crippen LogP contribution in [0.25, 0.3) is 0 Å². The van der Waals surface area contributed by atoms with Crippen LogP contribution in [0.4, 0.5) is 0 Å². The lowest BCUT2D eigenvalue weighted by Crippen LogP contribution is -2.19. The zero-order valence-electron chi connectivity index (χ0n) is 12.9. The Hall–Kier alpha value is -1.18. The molecular weight excluding hydrogens is 315 g/mol. The number of fused-ring (bicyclic) bond motifs is 1. The molecule has 0 unspecified atom stereocenters. The van der Waals surface area contributed by atoms with Gasteiger partial charge in [-0.15, -0.1) is 0 Å². The van der Waals surface area contributed by atoms with Crippen LogP contribution in [0, 0.1) is 5.92 Å². The molecule has 1 aliphatic rings. The van der Waals surface area contributed by atoms with Crippen LogP contribution in [0.3, 0.4) is 0 Å². The quantitative estimate of drug-likeness (QED) is 0.658. The minimum atomic E-state index is 0.360. The molecule has 1 aliphatic carbocycles. The molecule has 0 fully saturated rings. The molecule has 0 aromatic heterocycles. The van der Waals surface area contributed by atoms with Gasteiger partial charge >= 0.3 is 0 Å². The summed E-state index contributed by atoms with van der Waals surface area (Å²) >= 11 is 12.3. The molecular formula is C19H20Cl2O. The second-order valence-corrected chi connectivity index (χ2v) is 6.82. The van der Waals surface area contributed by atoms with E-state index in [2.05, 4.69) is 31.2 Å². The van der Waals surface area contributed by atoms with E-state index < -0.39 is 0 Å². The van der Waals surface area contributed by atoms with Crippen LogP contribution in [-0.2, 0) is 6.42 Å². The smallest absolute Gasteiger partial charge is 0.119 e. The lowest BCUT2D eigenvalue weighted by atomic mass is 9.73. The highest BCUT2D eigenvalue weighted by Crippen LogP contribution is 2.42. The standard InChI is InChI=1S/C19H20Cl2O/c1-3-12-8-13-4-6-15(22-2)11-17(13)16(9-12)14-5-7-18(20)19(21)10-14/h4-7,10-12,16H,3,8-9H2,1-2H3/t12-,16+/m1/s1. The molecule has 3 heteroatoms. The van der Waals surface area contributed by atoms with Crippen molar-refractivity contribution in [3.63, 3.8) is 0 Å². The number of hydrogen-bond acceptors (Lipinski definition) is 1. The molecule has 116 valence electrons. The third-order valence-corrected chi connectivity index (χ3v) is 5.47. The SMILES string of the molecule is CC[C@@H]1Cc2ccc(OC)cc2[C@H](c2ccc(Cl)c(Cl)c2)C1. The van der Waals surface area contributed by atoms with Crippen molar-refractivity contribution < 1.29 is 4.74 Å². The third-order valence-electron chi connectivity index (χ3n) is 4.73. The summed E-state index contributed by atoms with van der Waals surface area (Å²) in [6, 6.07) is 12.4. The summed E-state index contributed by atoms with van der Waals surface area (Å²) in [6.07, 6.45) is 3.49. The largest absolute Gasteiger partial charge is 0.497 e. The van der Waals surface area contributed by atoms with Crippen LogP contribution in [0.15, 0.2) is 36.4 Å². The first-order valence-corrected chi connectivity index (χ1v) is 8.49. The summed E-state index contributed by atoms with van der Waals surface area (Å²) < 4.78 is 5.41. The van der Waals surface area contributed by atoms with Crippen molar-refractivity contribution >= 4 is 23.2 Å². The Morgan fingerprint density at radius 1 is 1.09 bits per heavy atom. The molecule has 0 aliphatic heterocycles. The normalized spacial score (nSPS) is 20.5. The topological polar surface area (TPSA) is 9.23 Å². The number of benzene rings is 2. The average Bonchev–Trinajstić information content (AvgIpc) is 2.55. The van der Waals surface area contributed by atoms with Gasteiger partial charge in [-0.1, -0.05) is 48.7 Å². The van der Waals surface area contributed by atoms with Gasteiger partial charge in [0.1, 0.15) is 5.75 Å². The molecule has 2 atom stereocenters. The van der Waals surface area contributed by atoms with E-state index in [9.17, 15) is 0 Å². The highest BCUT2D eigenvalue weighted by Gasteiger charge is 2.28. The van der Waals surface area contributed by atoms with Crippen molar-refractivity contribution in [2.24, 2.45) is 5.92 Å². The Kier molecular flexibility index (Phi) is 4.65. The molecule has 0 amide bonds. The van der Waals surface area contributed by atoms with Crippen LogP contribution in [0.2, 0.25) is 10.0 Å². The molecule has 0 heterocycles. The van der Waals surface area contributed by atoms with Crippen LogP contribution in [-0.4, -0.2) is 7.11 Å². The fourth-order valence-electron chi connectivity index (χ4n) is 3.42. The Morgan fingerprint density at radius 2 is 1.91 bits per heavy atom. The predicted molar refractivity (Wildman–Crippen MR) is 93.4 cm³/mol. The van der Waals surface area contributed by atoms with Gasteiger partial charge in [-0.3, -0.25) is 0 Å². The zero-order valence-corrected chi connectivity index (χ0v) is 14.4. The molecule has 2 aromatic rings. The maximum Gasteiger partial charge on any atom is 0.119 e. The van der Waals surface area contributed by atoms with Gasteiger partial charge < -0.3 is 4.74 Å². The fourth-order valence-corrected chi connectivity index (χ4v) is 3.73. The Bertz CT molecular complexity index is 681. The van der Waals surface area contributed by atoms with Crippen LogP contribution >= 0.6 is 23.2 Å². The van der Waals surface area contributed by atoms with Crippen molar-refractivity contribution in [3.8, 4) is 5.75 Å². The Balaban J connectivity index is 2.07. The van der Waals surface area contributed by atoms with Crippen LogP contribution in [0.5, 0.6) is 5.75 Å². The van der Waals surface area contributed by atoms with E-state index in [0.29, 0.717) is 21.9 Å². The minimum absolute atomic E-state index is 0.360. The molecule has 0 saturated heterocycles. The molecule has 0 saturated carbocycles. The zero-order chi connectivity index (χ0) is 15.7. The first kappa shape index (κ1) is 15.7. The summed E-state index contributed by atoms with van der Waals surface area (Å²) in [4.78, 5) is 0. The van der Waals surface area contributed by atoms with Crippen molar-refractivity contribution in [2.75, 3.05) is 7.11 Å². The molecule has 0 bridgehead atoms. The summed E-state index contributed by atoms with van der Waals surface area (Å²) in [6.45, 7) is 2.27. The van der Waals surface area contributed by atoms with Gasteiger partial charge in [-0.2, -0.15) is 0 Å². The van der Waals surface area contributed by atoms with E-state index in [4.69, 9.17) is 27.9 Å². The number of rotatable bonds is 3. The lowest BCUT2D eigenvalue weighted by molar-refractivity contribution is 0.401.